The maximum absolute atomic E-state index is 10.5. The van der Waals surface area contributed by atoms with E-state index >= 15 is 0 Å². The maximum atomic E-state index is 10.5. The summed E-state index contributed by atoms with van der Waals surface area (Å²) in [5, 5.41) is 27.5. The van der Waals surface area contributed by atoms with Crippen LogP contribution in [0.3, 0.4) is 0 Å². The van der Waals surface area contributed by atoms with Crippen LogP contribution in [0.15, 0.2) is 0 Å². The fourth-order valence-corrected chi connectivity index (χ4v) is 1.25. The molecule has 1 fully saturated rings. The highest BCUT2D eigenvalue weighted by Crippen LogP contribution is 2.18. The van der Waals surface area contributed by atoms with Gasteiger partial charge in [-0.3, -0.25) is 4.79 Å². The first kappa shape index (κ1) is 11.4. The van der Waals surface area contributed by atoms with E-state index in [0.717, 1.165) is 0 Å². The molecule has 1 saturated heterocycles. The third-order valence-corrected chi connectivity index (χ3v) is 2.00. The van der Waals surface area contributed by atoms with Crippen LogP contribution in [0.2, 0.25) is 0 Å². The first-order valence-electron chi connectivity index (χ1n) is 4.33. The van der Waals surface area contributed by atoms with Gasteiger partial charge in [0.15, 0.2) is 6.29 Å². The minimum Gasteiger partial charge on any atom is -0.463 e. The highest BCUT2D eigenvalue weighted by Gasteiger charge is 2.35. The van der Waals surface area contributed by atoms with Gasteiger partial charge in [-0.05, 0) is 0 Å². The van der Waals surface area contributed by atoms with Crippen molar-refractivity contribution in [2.75, 3.05) is 6.61 Å². The Balaban J connectivity index is 2.38. The molecule has 1 aliphatic rings. The second-order valence-corrected chi connectivity index (χ2v) is 3.24. The van der Waals surface area contributed by atoms with Gasteiger partial charge in [0, 0.05) is 13.3 Å². The average molecular weight is 206 g/mol. The molecule has 0 amide bonds. The Kier molecular flexibility index (Phi) is 3.82. The van der Waals surface area contributed by atoms with E-state index in [4.69, 9.17) is 14.9 Å². The molecule has 0 aromatic rings. The van der Waals surface area contributed by atoms with Crippen LogP contribution in [0.5, 0.6) is 0 Å². The lowest BCUT2D eigenvalue weighted by Crippen LogP contribution is -2.49. The second-order valence-electron chi connectivity index (χ2n) is 3.24. The van der Waals surface area contributed by atoms with Crippen LogP contribution in [0.1, 0.15) is 13.3 Å². The summed E-state index contributed by atoms with van der Waals surface area (Å²) in [4.78, 5) is 10.5. The highest BCUT2D eigenvalue weighted by molar-refractivity contribution is 5.65. The number of ether oxygens (including phenoxy) is 2. The first-order chi connectivity index (χ1) is 6.50. The lowest BCUT2D eigenvalue weighted by molar-refractivity contribution is -0.253. The second kappa shape index (κ2) is 4.70. The number of carbonyl (C=O) groups excluding carboxylic acids is 1. The summed E-state index contributed by atoms with van der Waals surface area (Å²) in [5.74, 6) is -0.455. The van der Waals surface area contributed by atoms with Crippen molar-refractivity contribution in [3.05, 3.63) is 0 Å². The normalized spacial score (nSPS) is 38.0. The molecule has 6 nitrogen and oxygen atoms in total. The molecule has 1 heterocycles. The van der Waals surface area contributed by atoms with Crippen molar-refractivity contribution in [3.8, 4) is 0 Å². The third-order valence-electron chi connectivity index (χ3n) is 2.00. The molecule has 0 aromatic heterocycles. The van der Waals surface area contributed by atoms with Gasteiger partial charge in [0.25, 0.3) is 0 Å². The van der Waals surface area contributed by atoms with Crippen LogP contribution in [-0.4, -0.2) is 52.5 Å². The van der Waals surface area contributed by atoms with E-state index in [9.17, 15) is 9.90 Å². The standard InChI is InChI=1S/C8H14O6/c1-4(9)13-3-5-2-6(10)7(11)8(12)14-5/h5-8,10-12H,2-3H2,1H3/t5-,6?,7+,8+/m0/s1. The molecular weight excluding hydrogens is 192 g/mol. The van der Waals surface area contributed by atoms with Gasteiger partial charge >= 0.3 is 5.97 Å². The van der Waals surface area contributed by atoms with Gasteiger partial charge in [-0.2, -0.15) is 0 Å². The van der Waals surface area contributed by atoms with Crippen LogP contribution in [0.25, 0.3) is 0 Å². The summed E-state index contributed by atoms with van der Waals surface area (Å²) in [5.41, 5.74) is 0. The number of hydrogen-bond donors (Lipinski definition) is 3. The highest BCUT2D eigenvalue weighted by atomic mass is 16.6. The molecule has 0 aliphatic carbocycles. The maximum Gasteiger partial charge on any atom is 0.302 e. The quantitative estimate of drug-likeness (QED) is 0.470. The fourth-order valence-electron chi connectivity index (χ4n) is 1.25. The first-order valence-corrected chi connectivity index (χ1v) is 4.33. The summed E-state index contributed by atoms with van der Waals surface area (Å²) in [6.45, 7) is 1.22. The predicted molar refractivity (Wildman–Crippen MR) is 44.1 cm³/mol. The van der Waals surface area contributed by atoms with Crippen molar-refractivity contribution in [1.29, 1.82) is 0 Å². The van der Waals surface area contributed by atoms with Gasteiger partial charge in [0.05, 0.1) is 12.2 Å². The molecule has 1 unspecified atom stereocenters. The number of esters is 1. The average Bonchev–Trinajstić information content (AvgIpc) is 2.10. The Hall–Kier alpha value is -0.690. The fraction of sp³-hybridized carbons (Fsp3) is 0.875. The van der Waals surface area contributed by atoms with Crippen LogP contribution >= 0.6 is 0 Å². The Labute approximate surface area is 81.1 Å². The summed E-state index contributed by atoms with van der Waals surface area (Å²) in [7, 11) is 0. The molecule has 0 radical (unpaired) electrons. The number of hydrogen-bond acceptors (Lipinski definition) is 6. The van der Waals surface area contributed by atoms with Gasteiger partial charge in [-0.25, -0.2) is 0 Å². The zero-order valence-corrected chi connectivity index (χ0v) is 7.79. The van der Waals surface area contributed by atoms with E-state index in [1.54, 1.807) is 0 Å². The topological polar surface area (TPSA) is 96.2 Å². The minimum atomic E-state index is -1.43. The molecule has 6 heteroatoms. The van der Waals surface area contributed by atoms with E-state index in [2.05, 4.69) is 4.74 Å². The van der Waals surface area contributed by atoms with Crippen LogP contribution in [0.4, 0.5) is 0 Å². The molecule has 0 saturated carbocycles. The van der Waals surface area contributed by atoms with Crippen molar-refractivity contribution in [2.24, 2.45) is 0 Å². The number of carbonyl (C=O) groups is 1. The molecule has 4 atom stereocenters. The number of rotatable bonds is 2. The van der Waals surface area contributed by atoms with Crippen molar-refractivity contribution in [3.63, 3.8) is 0 Å². The zero-order chi connectivity index (χ0) is 10.7. The SMILES string of the molecule is CC(=O)OC[C@@H]1CC(O)[C@@H](O)[C@H](O)O1. The molecule has 1 rings (SSSR count). The van der Waals surface area contributed by atoms with Gasteiger partial charge in [-0.15, -0.1) is 0 Å². The van der Waals surface area contributed by atoms with Crippen molar-refractivity contribution in [2.45, 2.75) is 37.9 Å². The van der Waals surface area contributed by atoms with Crippen molar-refractivity contribution >= 4 is 5.97 Å². The molecule has 0 aromatic carbocycles. The lowest BCUT2D eigenvalue weighted by atomic mass is 10.0. The molecule has 82 valence electrons. The Bertz CT molecular complexity index is 194. The molecule has 14 heavy (non-hydrogen) atoms. The third kappa shape index (κ3) is 2.91. The van der Waals surface area contributed by atoms with Crippen LogP contribution in [-0.2, 0) is 14.3 Å². The lowest BCUT2D eigenvalue weighted by Gasteiger charge is -2.33. The number of aliphatic hydroxyl groups excluding tert-OH is 3. The van der Waals surface area contributed by atoms with Crippen LogP contribution in [0, 0.1) is 0 Å². The van der Waals surface area contributed by atoms with E-state index in [0.29, 0.717) is 0 Å². The summed E-state index contributed by atoms with van der Waals surface area (Å²) in [6.07, 6.45) is -4.24. The smallest absolute Gasteiger partial charge is 0.302 e. The summed E-state index contributed by atoms with van der Waals surface area (Å²) >= 11 is 0. The minimum absolute atomic E-state index is 0.0316. The summed E-state index contributed by atoms with van der Waals surface area (Å²) in [6, 6.07) is 0. The van der Waals surface area contributed by atoms with Crippen molar-refractivity contribution in [1.82, 2.24) is 0 Å². The van der Waals surface area contributed by atoms with E-state index in [1.807, 2.05) is 0 Å². The zero-order valence-electron chi connectivity index (χ0n) is 7.79. The Morgan fingerprint density at radius 1 is 1.50 bits per heavy atom. The van der Waals surface area contributed by atoms with Crippen LogP contribution < -0.4 is 0 Å². The monoisotopic (exact) mass is 206 g/mol. The van der Waals surface area contributed by atoms with E-state index in [1.165, 1.54) is 6.92 Å². The Morgan fingerprint density at radius 2 is 2.14 bits per heavy atom. The van der Waals surface area contributed by atoms with Gasteiger partial charge in [0.2, 0.25) is 0 Å². The van der Waals surface area contributed by atoms with E-state index < -0.39 is 30.6 Å². The molecular formula is C8H14O6. The summed E-state index contributed by atoms with van der Waals surface area (Å²) < 4.78 is 9.53. The molecule has 3 N–H and O–H groups in total. The van der Waals surface area contributed by atoms with Gasteiger partial charge in [-0.1, -0.05) is 0 Å². The van der Waals surface area contributed by atoms with Gasteiger partial charge < -0.3 is 24.8 Å². The largest absolute Gasteiger partial charge is 0.463 e. The van der Waals surface area contributed by atoms with E-state index in [-0.39, 0.29) is 13.0 Å². The number of aliphatic hydroxyl groups is 3. The van der Waals surface area contributed by atoms with Crippen molar-refractivity contribution < 1.29 is 29.6 Å². The molecule has 0 spiro atoms. The molecule has 0 bridgehead atoms. The molecule has 1 aliphatic heterocycles. The van der Waals surface area contributed by atoms with Gasteiger partial charge in [0.1, 0.15) is 12.7 Å². The Morgan fingerprint density at radius 3 is 2.64 bits per heavy atom. The predicted octanol–water partition coefficient (Wildman–Crippen LogP) is -1.62.